The molecule has 2 fully saturated rings. The van der Waals surface area contributed by atoms with Crippen molar-refractivity contribution in [2.75, 3.05) is 6.54 Å². The lowest BCUT2D eigenvalue weighted by molar-refractivity contribution is 0.0951. The molecule has 0 aromatic heterocycles. The number of allylic oxidation sites excluding steroid dienone is 1. The van der Waals surface area contributed by atoms with E-state index in [2.05, 4.69) is 0 Å². The zero-order valence-corrected chi connectivity index (χ0v) is 9.16. The van der Waals surface area contributed by atoms with Crippen LogP contribution in [0, 0.1) is 5.92 Å². The van der Waals surface area contributed by atoms with Crippen molar-refractivity contribution in [3.8, 4) is 0 Å². The number of cyclic esters (lactones) is 1. The minimum Gasteiger partial charge on any atom is -0.415 e. The van der Waals surface area contributed by atoms with E-state index in [1.54, 1.807) is 0 Å². The molecule has 2 aliphatic heterocycles. The van der Waals surface area contributed by atoms with Crippen LogP contribution in [-0.4, -0.2) is 23.6 Å². The van der Waals surface area contributed by atoms with E-state index in [1.165, 1.54) is 24.8 Å². The van der Waals surface area contributed by atoms with Gasteiger partial charge < -0.3 is 9.64 Å². The van der Waals surface area contributed by atoms with E-state index in [9.17, 15) is 4.79 Å². The molecule has 3 aliphatic rings. The van der Waals surface area contributed by atoms with Gasteiger partial charge in [0, 0.05) is 6.54 Å². The predicted molar refractivity (Wildman–Crippen MR) is 56.3 cm³/mol. The van der Waals surface area contributed by atoms with Crippen molar-refractivity contribution in [1.82, 2.24) is 4.90 Å². The van der Waals surface area contributed by atoms with Crippen molar-refractivity contribution in [3.05, 3.63) is 11.3 Å². The van der Waals surface area contributed by atoms with Crippen LogP contribution >= 0.6 is 0 Å². The second-order valence-electron chi connectivity index (χ2n) is 4.88. The number of ether oxygens (including phenoxy) is 1. The minimum absolute atomic E-state index is 0.116. The highest BCUT2D eigenvalue weighted by Gasteiger charge is 2.44. The summed E-state index contributed by atoms with van der Waals surface area (Å²) in [5.74, 6) is 1.58. The molecule has 15 heavy (non-hydrogen) atoms. The molecule has 0 N–H and O–H groups in total. The van der Waals surface area contributed by atoms with E-state index < -0.39 is 0 Å². The highest BCUT2D eigenvalue weighted by Crippen LogP contribution is 2.43. The summed E-state index contributed by atoms with van der Waals surface area (Å²) in [6.45, 7) is 2.83. The first kappa shape index (κ1) is 9.25. The molecule has 3 rings (SSSR count). The molecule has 0 radical (unpaired) electrons. The number of hydrogen-bond donors (Lipinski definition) is 0. The van der Waals surface area contributed by atoms with Gasteiger partial charge in [-0.15, -0.1) is 0 Å². The third-order valence-corrected chi connectivity index (χ3v) is 4.07. The first-order chi connectivity index (χ1) is 7.27. The third-order valence-electron chi connectivity index (χ3n) is 4.07. The van der Waals surface area contributed by atoms with E-state index in [0.717, 1.165) is 25.1 Å². The summed E-state index contributed by atoms with van der Waals surface area (Å²) in [7, 11) is 0. The Balaban J connectivity index is 2.02. The number of amides is 1. The van der Waals surface area contributed by atoms with Gasteiger partial charge in [0.15, 0.2) is 0 Å². The highest BCUT2D eigenvalue weighted by molar-refractivity contribution is 5.72. The lowest BCUT2D eigenvalue weighted by Crippen LogP contribution is -2.45. The molecule has 0 aromatic rings. The molecule has 2 atom stereocenters. The Morgan fingerprint density at radius 2 is 2.20 bits per heavy atom. The molecule has 2 heterocycles. The van der Waals surface area contributed by atoms with Crippen molar-refractivity contribution in [1.29, 1.82) is 0 Å². The minimum atomic E-state index is -0.116. The maximum Gasteiger partial charge on any atom is 0.415 e. The normalized spacial score (nSPS) is 35.0. The molecule has 1 saturated heterocycles. The zero-order valence-electron chi connectivity index (χ0n) is 9.16. The van der Waals surface area contributed by atoms with Gasteiger partial charge in [0.2, 0.25) is 0 Å². The largest absolute Gasteiger partial charge is 0.415 e. The van der Waals surface area contributed by atoms with Gasteiger partial charge in [-0.1, -0.05) is 6.42 Å². The Morgan fingerprint density at radius 1 is 1.33 bits per heavy atom. The van der Waals surface area contributed by atoms with Crippen molar-refractivity contribution in [3.63, 3.8) is 0 Å². The fourth-order valence-corrected chi connectivity index (χ4v) is 3.35. The third kappa shape index (κ3) is 1.29. The zero-order chi connectivity index (χ0) is 10.4. The van der Waals surface area contributed by atoms with Crippen LogP contribution in [0.1, 0.15) is 39.0 Å². The van der Waals surface area contributed by atoms with Crippen LogP contribution < -0.4 is 0 Å². The summed E-state index contributed by atoms with van der Waals surface area (Å²) in [5, 5.41) is 0. The number of carbonyl (C=O) groups excluding carboxylic acids is 1. The average Bonchev–Trinajstić information content (AvgIpc) is 2.50. The van der Waals surface area contributed by atoms with Crippen LogP contribution in [0.2, 0.25) is 0 Å². The second-order valence-corrected chi connectivity index (χ2v) is 4.88. The summed E-state index contributed by atoms with van der Waals surface area (Å²) < 4.78 is 5.31. The summed E-state index contributed by atoms with van der Waals surface area (Å²) >= 11 is 0. The van der Waals surface area contributed by atoms with E-state index in [1.807, 2.05) is 11.8 Å². The molecule has 0 aromatic carbocycles. The number of rotatable bonds is 0. The molecule has 1 saturated carbocycles. The first-order valence-electron chi connectivity index (χ1n) is 5.95. The SMILES string of the molecule is CC1=C2CC[C@H]3CCCCN(C(=O)O1)[C@H]23. The van der Waals surface area contributed by atoms with Crippen LogP contribution in [0.3, 0.4) is 0 Å². The van der Waals surface area contributed by atoms with Gasteiger partial charge in [0.25, 0.3) is 0 Å². The topological polar surface area (TPSA) is 29.5 Å². The quantitative estimate of drug-likeness (QED) is 0.611. The summed E-state index contributed by atoms with van der Waals surface area (Å²) in [6, 6.07) is 0.383. The maximum atomic E-state index is 11.8. The van der Waals surface area contributed by atoms with Crippen LogP contribution in [0.5, 0.6) is 0 Å². The van der Waals surface area contributed by atoms with E-state index in [-0.39, 0.29) is 6.09 Å². The molecule has 3 heteroatoms. The van der Waals surface area contributed by atoms with Gasteiger partial charge in [-0.3, -0.25) is 0 Å². The van der Waals surface area contributed by atoms with Gasteiger partial charge >= 0.3 is 6.09 Å². The van der Waals surface area contributed by atoms with E-state index in [4.69, 9.17) is 4.74 Å². The van der Waals surface area contributed by atoms with Gasteiger partial charge in [0.1, 0.15) is 5.76 Å². The summed E-state index contributed by atoms with van der Waals surface area (Å²) in [6.07, 6.45) is 5.93. The van der Waals surface area contributed by atoms with Crippen LogP contribution in [-0.2, 0) is 4.74 Å². The molecular formula is C12H17NO2. The van der Waals surface area contributed by atoms with Gasteiger partial charge in [-0.05, 0) is 44.1 Å². The molecule has 0 bridgehead atoms. The lowest BCUT2D eigenvalue weighted by Gasteiger charge is -2.35. The van der Waals surface area contributed by atoms with Crippen molar-refractivity contribution in [2.45, 2.75) is 45.1 Å². The Hall–Kier alpha value is -0.990. The predicted octanol–water partition coefficient (Wildman–Crippen LogP) is 2.68. The van der Waals surface area contributed by atoms with Crippen LogP contribution in [0.25, 0.3) is 0 Å². The fraction of sp³-hybridized carbons (Fsp3) is 0.750. The molecule has 1 amide bonds. The Bertz CT molecular complexity index is 335. The Labute approximate surface area is 90.1 Å². The standard InChI is InChI=1S/C12H17NO2/c1-8-10-6-5-9-4-2-3-7-13(11(9)10)12(14)15-8/h9,11H,2-7H2,1H3/t9-,11+/m1/s1. The monoisotopic (exact) mass is 207 g/mol. The highest BCUT2D eigenvalue weighted by atomic mass is 16.6. The van der Waals surface area contributed by atoms with Crippen LogP contribution in [0.15, 0.2) is 11.3 Å². The number of nitrogens with zero attached hydrogens (tertiary/aromatic N) is 1. The molecule has 1 aliphatic carbocycles. The van der Waals surface area contributed by atoms with Gasteiger partial charge in [-0.2, -0.15) is 0 Å². The second kappa shape index (κ2) is 3.26. The van der Waals surface area contributed by atoms with E-state index >= 15 is 0 Å². The summed E-state index contributed by atoms with van der Waals surface area (Å²) in [4.78, 5) is 13.7. The lowest BCUT2D eigenvalue weighted by atomic mass is 9.96. The van der Waals surface area contributed by atoms with Crippen molar-refractivity contribution in [2.24, 2.45) is 5.92 Å². The molecular weight excluding hydrogens is 190 g/mol. The number of hydrogen-bond acceptors (Lipinski definition) is 2. The molecule has 3 nitrogen and oxygen atoms in total. The van der Waals surface area contributed by atoms with Crippen LogP contribution in [0.4, 0.5) is 4.79 Å². The molecule has 82 valence electrons. The van der Waals surface area contributed by atoms with Gasteiger partial charge in [-0.25, -0.2) is 4.79 Å². The fourth-order valence-electron chi connectivity index (χ4n) is 3.35. The first-order valence-corrected chi connectivity index (χ1v) is 5.95. The summed E-state index contributed by atoms with van der Waals surface area (Å²) in [5.41, 5.74) is 1.39. The number of carbonyl (C=O) groups is 1. The van der Waals surface area contributed by atoms with Crippen molar-refractivity contribution < 1.29 is 9.53 Å². The Kier molecular flexibility index (Phi) is 2.01. The van der Waals surface area contributed by atoms with Crippen molar-refractivity contribution >= 4 is 6.09 Å². The maximum absolute atomic E-state index is 11.8. The molecule has 0 unspecified atom stereocenters. The Morgan fingerprint density at radius 3 is 3.07 bits per heavy atom. The van der Waals surface area contributed by atoms with Gasteiger partial charge in [0.05, 0.1) is 6.04 Å². The smallest absolute Gasteiger partial charge is 0.415 e. The average molecular weight is 207 g/mol. The van der Waals surface area contributed by atoms with E-state index in [0.29, 0.717) is 12.0 Å². The molecule has 0 spiro atoms.